The lowest BCUT2D eigenvalue weighted by atomic mass is 9.92. The Morgan fingerprint density at radius 1 is 0.932 bits per heavy atom. The van der Waals surface area contributed by atoms with Gasteiger partial charge in [0, 0.05) is 24.7 Å². The molecule has 2 aliphatic heterocycles. The van der Waals surface area contributed by atoms with Crippen molar-refractivity contribution < 1.29 is 38.4 Å². The van der Waals surface area contributed by atoms with E-state index >= 15 is 0 Å². The van der Waals surface area contributed by atoms with E-state index in [1.54, 1.807) is 18.3 Å². The molecule has 2 amide bonds. The summed E-state index contributed by atoms with van der Waals surface area (Å²) in [5, 5.41) is 13.9. The molecule has 1 aromatic heterocycles. The van der Waals surface area contributed by atoms with Crippen LogP contribution in [-0.4, -0.2) is 58.3 Å². The van der Waals surface area contributed by atoms with Crippen LogP contribution in [0.4, 0.5) is 4.79 Å². The monoisotopic (exact) mass is 837 g/mol. The Kier molecular flexibility index (Phi) is 12.9. The second-order valence-corrected chi connectivity index (χ2v) is 15.6. The maximum Gasteiger partial charge on any atom is 0.410 e. The van der Waals surface area contributed by atoms with Crippen LogP contribution >= 0.6 is 23.2 Å². The molecular formula is C46H45Cl2N3O8. The van der Waals surface area contributed by atoms with Crippen molar-refractivity contribution in [2.24, 2.45) is 0 Å². The molecule has 13 heteroatoms. The Bertz CT molecular complexity index is 2340. The molecule has 3 atom stereocenters. The lowest BCUT2D eigenvalue weighted by Gasteiger charge is -2.37. The maximum atomic E-state index is 14.0. The van der Waals surface area contributed by atoms with Gasteiger partial charge >= 0.3 is 12.1 Å². The summed E-state index contributed by atoms with van der Waals surface area (Å²) < 4.78 is 24.2. The molecule has 0 aliphatic carbocycles. The van der Waals surface area contributed by atoms with Gasteiger partial charge < -0.3 is 29.4 Å². The van der Waals surface area contributed by atoms with Crippen LogP contribution in [0.15, 0.2) is 91.1 Å². The molecule has 2 aliphatic rings. The van der Waals surface area contributed by atoms with E-state index in [0.717, 1.165) is 56.6 Å². The number of halogens is 2. The third-order valence-corrected chi connectivity index (χ3v) is 11.5. The molecule has 11 nitrogen and oxygen atoms in total. The summed E-state index contributed by atoms with van der Waals surface area (Å²) in [6, 6.07) is 23.9. The fraction of sp³-hybridized carbons (Fsp3) is 0.304. The number of unbranched alkanes of at least 4 members (excludes halogenated alkanes) is 1. The van der Waals surface area contributed by atoms with Gasteiger partial charge in [-0.1, -0.05) is 79.0 Å². The van der Waals surface area contributed by atoms with E-state index in [9.17, 15) is 19.5 Å². The van der Waals surface area contributed by atoms with Gasteiger partial charge in [-0.25, -0.2) is 9.59 Å². The average Bonchev–Trinajstić information content (AvgIpc) is 3.24. The number of amides is 2. The molecule has 0 fully saturated rings. The first kappa shape index (κ1) is 41.4. The number of benzene rings is 4. The molecule has 0 spiro atoms. The molecule has 59 heavy (non-hydrogen) atoms. The SMILES string of the molecule is CCCCOC(=O)N1Cc2cc3c(cc2CC1C(=O)NC(Cc1ccc(-c2ccnc(C)c2C)cc1)C(=O)O)OCC(c1ccc(OCc2ccc(Cl)c(Cl)c2)cc1)O3. The number of ether oxygens (including phenoxy) is 4. The van der Waals surface area contributed by atoms with Crippen molar-refractivity contribution in [2.75, 3.05) is 13.2 Å². The van der Waals surface area contributed by atoms with Crippen molar-refractivity contribution in [3.8, 4) is 28.4 Å². The Morgan fingerprint density at radius 3 is 2.41 bits per heavy atom. The van der Waals surface area contributed by atoms with Gasteiger partial charge in [0.05, 0.1) is 23.2 Å². The number of rotatable bonds is 13. The zero-order valence-corrected chi connectivity index (χ0v) is 34.5. The number of hydrogen-bond acceptors (Lipinski definition) is 8. The largest absolute Gasteiger partial charge is 0.489 e. The lowest BCUT2D eigenvalue weighted by molar-refractivity contribution is -0.142. The summed E-state index contributed by atoms with van der Waals surface area (Å²) in [6.07, 6.45) is 2.37. The van der Waals surface area contributed by atoms with E-state index < -0.39 is 36.2 Å². The van der Waals surface area contributed by atoms with Crippen LogP contribution < -0.4 is 19.5 Å². The van der Waals surface area contributed by atoms with E-state index in [0.29, 0.717) is 40.3 Å². The average molecular weight is 839 g/mol. The van der Waals surface area contributed by atoms with E-state index in [1.807, 2.05) is 93.6 Å². The molecule has 4 aromatic carbocycles. The standard InChI is InChI=1S/C46H45Cl2N3O8/c1-4-5-18-56-46(55)51-24-34-23-42-41(58-26-43(59-42)32-11-13-35(14-12-32)57-25-30-8-15-37(47)38(48)19-30)22-33(34)21-40(51)44(52)50-39(45(53)54)20-29-6-9-31(10-7-29)36-16-17-49-28(3)27(36)2/h6-17,19,22-23,39-40,43H,4-5,18,20-21,24-26H2,1-3H3,(H,50,52)(H,53,54). The Morgan fingerprint density at radius 2 is 1.68 bits per heavy atom. The molecular weight excluding hydrogens is 793 g/mol. The summed E-state index contributed by atoms with van der Waals surface area (Å²) in [7, 11) is 0. The molecule has 306 valence electrons. The summed E-state index contributed by atoms with van der Waals surface area (Å²) in [6.45, 7) is 6.78. The third-order valence-electron chi connectivity index (χ3n) is 10.7. The number of fused-ring (bicyclic) bond motifs is 2. The van der Waals surface area contributed by atoms with Crippen molar-refractivity contribution in [3.05, 3.63) is 140 Å². The zero-order chi connectivity index (χ0) is 41.6. The van der Waals surface area contributed by atoms with E-state index in [-0.39, 0.29) is 32.6 Å². The third kappa shape index (κ3) is 9.75. The van der Waals surface area contributed by atoms with E-state index in [2.05, 4.69) is 10.3 Å². The predicted octanol–water partition coefficient (Wildman–Crippen LogP) is 9.24. The number of carboxylic acid groups (broad SMARTS) is 1. The summed E-state index contributed by atoms with van der Waals surface area (Å²) in [5.41, 5.74) is 8.10. The van der Waals surface area contributed by atoms with Crippen molar-refractivity contribution in [3.63, 3.8) is 0 Å². The highest BCUT2D eigenvalue weighted by atomic mass is 35.5. The van der Waals surface area contributed by atoms with E-state index in [4.69, 9.17) is 42.1 Å². The van der Waals surface area contributed by atoms with Crippen molar-refractivity contribution in [1.82, 2.24) is 15.2 Å². The number of hydrogen-bond donors (Lipinski definition) is 2. The number of aromatic nitrogens is 1. The molecule has 3 heterocycles. The van der Waals surface area contributed by atoms with Crippen LogP contribution in [0, 0.1) is 13.8 Å². The molecule has 0 saturated carbocycles. The number of carbonyl (C=O) groups excluding carboxylic acids is 2. The highest BCUT2D eigenvalue weighted by Gasteiger charge is 2.38. The van der Waals surface area contributed by atoms with Gasteiger partial charge in [0.25, 0.3) is 0 Å². The molecule has 5 aromatic rings. The minimum absolute atomic E-state index is 0.0499. The molecule has 0 bridgehead atoms. The maximum absolute atomic E-state index is 14.0. The number of nitrogens with one attached hydrogen (secondary N) is 1. The first-order chi connectivity index (χ1) is 28.5. The fourth-order valence-electron chi connectivity index (χ4n) is 7.18. The van der Waals surface area contributed by atoms with Gasteiger partial charge in [0.2, 0.25) is 5.91 Å². The number of pyridine rings is 1. The number of aryl methyl sites for hydroxylation is 1. The molecule has 0 radical (unpaired) electrons. The second-order valence-electron chi connectivity index (χ2n) is 14.8. The second kappa shape index (κ2) is 18.4. The smallest absolute Gasteiger partial charge is 0.410 e. The quantitative estimate of drug-likeness (QED) is 0.111. The normalized spacial score (nSPS) is 16.1. The Labute approximate surface area is 353 Å². The molecule has 2 N–H and O–H groups in total. The number of carboxylic acids is 1. The van der Waals surface area contributed by atoms with Crippen LogP contribution in [0.5, 0.6) is 17.2 Å². The van der Waals surface area contributed by atoms with Crippen LogP contribution in [-0.2, 0) is 40.3 Å². The highest BCUT2D eigenvalue weighted by Crippen LogP contribution is 2.41. The topological polar surface area (TPSA) is 137 Å². The van der Waals surface area contributed by atoms with Crippen molar-refractivity contribution in [2.45, 2.75) is 77.8 Å². The minimum Gasteiger partial charge on any atom is -0.489 e. The van der Waals surface area contributed by atoms with Crippen LogP contribution in [0.3, 0.4) is 0 Å². The van der Waals surface area contributed by atoms with Crippen LogP contribution in [0.2, 0.25) is 10.0 Å². The number of aliphatic carboxylic acids is 1. The lowest BCUT2D eigenvalue weighted by Crippen LogP contribution is -2.56. The summed E-state index contributed by atoms with van der Waals surface area (Å²) in [4.78, 5) is 45.8. The first-order valence-corrected chi connectivity index (χ1v) is 20.3. The Hall–Kier alpha value is -5.78. The molecule has 7 rings (SSSR count). The minimum atomic E-state index is -1.24. The van der Waals surface area contributed by atoms with Crippen molar-refractivity contribution in [1.29, 1.82) is 0 Å². The molecule has 3 unspecified atom stereocenters. The van der Waals surface area contributed by atoms with Crippen LogP contribution in [0.25, 0.3) is 11.1 Å². The number of carbonyl (C=O) groups is 3. The van der Waals surface area contributed by atoms with Gasteiger partial charge in [-0.05, 0) is 107 Å². The van der Waals surface area contributed by atoms with Crippen molar-refractivity contribution >= 4 is 41.2 Å². The summed E-state index contributed by atoms with van der Waals surface area (Å²) >= 11 is 12.2. The predicted molar refractivity (Wildman–Crippen MR) is 224 cm³/mol. The zero-order valence-electron chi connectivity index (χ0n) is 33.0. The van der Waals surface area contributed by atoms with Gasteiger partial charge in [-0.3, -0.25) is 14.7 Å². The highest BCUT2D eigenvalue weighted by molar-refractivity contribution is 6.42. The first-order valence-electron chi connectivity index (χ1n) is 19.6. The van der Waals surface area contributed by atoms with Gasteiger partial charge in [-0.15, -0.1) is 0 Å². The number of nitrogens with zero attached hydrogens (tertiary/aromatic N) is 2. The Balaban J connectivity index is 1.04. The fourth-order valence-corrected chi connectivity index (χ4v) is 7.50. The van der Waals surface area contributed by atoms with E-state index in [1.165, 1.54) is 4.90 Å². The van der Waals surface area contributed by atoms with Gasteiger partial charge in [0.1, 0.15) is 31.0 Å². The van der Waals surface area contributed by atoms with Gasteiger partial charge in [-0.2, -0.15) is 0 Å². The van der Waals surface area contributed by atoms with Gasteiger partial charge in [0.15, 0.2) is 17.6 Å². The summed E-state index contributed by atoms with van der Waals surface area (Å²) in [5.74, 6) is -0.0757. The van der Waals surface area contributed by atoms with Crippen LogP contribution in [0.1, 0.15) is 64.9 Å². The molecule has 0 saturated heterocycles.